The molecule has 0 fully saturated rings. The third-order valence-corrected chi connectivity index (χ3v) is 3.16. The summed E-state index contributed by atoms with van der Waals surface area (Å²) in [6.07, 6.45) is 2.69. The standard InChI is InChI=1S/C13H15Br2NO/c1-3-5-16(6-4-2)13(17)10-7-11(14)9-12(15)8-10/h3,7-9H,1,4-6H2,2H3. The molecule has 4 heteroatoms. The second-order valence-corrected chi connectivity index (χ2v) is 5.53. The van der Waals surface area contributed by atoms with Crippen molar-refractivity contribution in [3.05, 3.63) is 45.4 Å². The molecule has 0 aromatic heterocycles. The molecule has 0 aliphatic heterocycles. The van der Waals surface area contributed by atoms with Gasteiger partial charge in [-0.3, -0.25) is 4.79 Å². The summed E-state index contributed by atoms with van der Waals surface area (Å²) in [5.41, 5.74) is 0.682. The van der Waals surface area contributed by atoms with Crippen molar-refractivity contribution in [1.29, 1.82) is 0 Å². The van der Waals surface area contributed by atoms with Crippen LogP contribution in [0.3, 0.4) is 0 Å². The Morgan fingerprint density at radius 3 is 2.41 bits per heavy atom. The lowest BCUT2D eigenvalue weighted by atomic mass is 10.2. The normalized spacial score (nSPS) is 10.1. The van der Waals surface area contributed by atoms with Crippen molar-refractivity contribution < 1.29 is 4.79 Å². The lowest BCUT2D eigenvalue weighted by molar-refractivity contribution is 0.0774. The van der Waals surface area contributed by atoms with E-state index in [1.807, 2.05) is 18.2 Å². The van der Waals surface area contributed by atoms with Crippen LogP contribution in [0.5, 0.6) is 0 Å². The highest BCUT2D eigenvalue weighted by Gasteiger charge is 2.14. The molecule has 0 unspecified atom stereocenters. The number of nitrogens with zero attached hydrogens (tertiary/aromatic N) is 1. The van der Waals surface area contributed by atoms with Crippen molar-refractivity contribution in [2.24, 2.45) is 0 Å². The number of carbonyl (C=O) groups is 1. The van der Waals surface area contributed by atoms with Crippen molar-refractivity contribution >= 4 is 37.8 Å². The summed E-state index contributed by atoms with van der Waals surface area (Å²) in [6, 6.07) is 5.58. The molecule has 1 aromatic rings. The van der Waals surface area contributed by atoms with Gasteiger partial charge >= 0.3 is 0 Å². The number of carbonyl (C=O) groups excluding carboxylic acids is 1. The zero-order valence-corrected chi connectivity index (χ0v) is 12.9. The van der Waals surface area contributed by atoms with Crippen molar-refractivity contribution in [2.45, 2.75) is 13.3 Å². The van der Waals surface area contributed by atoms with Crippen LogP contribution in [-0.2, 0) is 0 Å². The molecule has 92 valence electrons. The van der Waals surface area contributed by atoms with Crippen LogP contribution in [0.2, 0.25) is 0 Å². The molecule has 1 amide bonds. The Morgan fingerprint density at radius 2 is 1.94 bits per heavy atom. The van der Waals surface area contributed by atoms with Crippen LogP contribution in [0.4, 0.5) is 0 Å². The molecule has 0 aliphatic rings. The largest absolute Gasteiger partial charge is 0.335 e. The molecule has 0 saturated heterocycles. The zero-order valence-electron chi connectivity index (χ0n) is 9.75. The van der Waals surface area contributed by atoms with E-state index >= 15 is 0 Å². The minimum Gasteiger partial charge on any atom is -0.335 e. The van der Waals surface area contributed by atoms with Gasteiger partial charge in [0.25, 0.3) is 5.91 Å². The van der Waals surface area contributed by atoms with E-state index in [1.165, 1.54) is 0 Å². The Hall–Kier alpha value is -0.610. The van der Waals surface area contributed by atoms with E-state index in [1.54, 1.807) is 11.0 Å². The summed E-state index contributed by atoms with van der Waals surface area (Å²) in [7, 11) is 0. The highest BCUT2D eigenvalue weighted by molar-refractivity contribution is 9.11. The highest BCUT2D eigenvalue weighted by Crippen LogP contribution is 2.21. The van der Waals surface area contributed by atoms with Crippen molar-refractivity contribution in [1.82, 2.24) is 4.90 Å². The summed E-state index contributed by atoms with van der Waals surface area (Å²) in [4.78, 5) is 14.1. The molecule has 17 heavy (non-hydrogen) atoms. The van der Waals surface area contributed by atoms with Crippen molar-refractivity contribution in [2.75, 3.05) is 13.1 Å². The van der Waals surface area contributed by atoms with Gasteiger partial charge in [-0.25, -0.2) is 0 Å². The molecule has 0 heterocycles. The van der Waals surface area contributed by atoms with Crippen molar-refractivity contribution in [3.63, 3.8) is 0 Å². The minimum absolute atomic E-state index is 0.0359. The Balaban J connectivity index is 2.95. The SMILES string of the molecule is C=CCN(CCC)C(=O)c1cc(Br)cc(Br)c1. The first kappa shape index (κ1) is 14.5. The fourth-order valence-electron chi connectivity index (χ4n) is 1.56. The van der Waals surface area contributed by atoms with E-state index in [0.717, 1.165) is 21.9 Å². The topological polar surface area (TPSA) is 20.3 Å². The number of hydrogen-bond acceptors (Lipinski definition) is 1. The van der Waals surface area contributed by atoms with Crippen LogP contribution in [0.25, 0.3) is 0 Å². The van der Waals surface area contributed by atoms with E-state index in [0.29, 0.717) is 12.1 Å². The number of halogens is 2. The van der Waals surface area contributed by atoms with Gasteiger partial charge in [0.15, 0.2) is 0 Å². The summed E-state index contributed by atoms with van der Waals surface area (Å²) in [5.74, 6) is 0.0359. The van der Waals surface area contributed by atoms with Gasteiger partial charge in [0.05, 0.1) is 0 Å². The lowest BCUT2D eigenvalue weighted by Crippen LogP contribution is -2.31. The van der Waals surface area contributed by atoms with Crippen LogP contribution < -0.4 is 0 Å². The van der Waals surface area contributed by atoms with Crippen LogP contribution >= 0.6 is 31.9 Å². The van der Waals surface area contributed by atoms with Gasteiger partial charge < -0.3 is 4.90 Å². The second-order valence-electron chi connectivity index (χ2n) is 3.70. The number of benzene rings is 1. The summed E-state index contributed by atoms with van der Waals surface area (Å²) >= 11 is 6.77. The van der Waals surface area contributed by atoms with Gasteiger partial charge in [0, 0.05) is 27.6 Å². The highest BCUT2D eigenvalue weighted by atomic mass is 79.9. The van der Waals surface area contributed by atoms with Crippen LogP contribution in [-0.4, -0.2) is 23.9 Å². The van der Waals surface area contributed by atoms with E-state index in [2.05, 4.69) is 45.4 Å². The van der Waals surface area contributed by atoms with Crippen LogP contribution in [0, 0.1) is 0 Å². The third-order valence-electron chi connectivity index (χ3n) is 2.24. The molecule has 1 rings (SSSR count). The lowest BCUT2D eigenvalue weighted by Gasteiger charge is -2.20. The van der Waals surface area contributed by atoms with E-state index in [9.17, 15) is 4.79 Å². The maximum atomic E-state index is 12.3. The van der Waals surface area contributed by atoms with Crippen LogP contribution in [0.15, 0.2) is 39.8 Å². The quantitative estimate of drug-likeness (QED) is 0.719. The zero-order chi connectivity index (χ0) is 12.8. The third kappa shape index (κ3) is 4.28. The number of hydrogen-bond donors (Lipinski definition) is 0. The van der Waals surface area contributed by atoms with Gasteiger partial charge in [-0.2, -0.15) is 0 Å². The van der Waals surface area contributed by atoms with Gasteiger partial charge in [-0.15, -0.1) is 6.58 Å². The maximum absolute atomic E-state index is 12.3. The molecular weight excluding hydrogens is 346 g/mol. The fraction of sp³-hybridized carbons (Fsp3) is 0.308. The van der Waals surface area contributed by atoms with Gasteiger partial charge in [0.1, 0.15) is 0 Å². The monoisotopic (exact) mass is 359 g/mol. The molecule has 0 atom stereocenters. The van der Waals surface area contributed by atoms with E-state index < -0.39 is 0 Å². The first-order valence-electron chi connectivity index (χ1n) is 5.44. The summed E-state index contributed by atoms with van der Waals surface area (Å²) < 4.78 is 1.79. The molecular formula is C13H15Br2NO. The summed E-state index contributed by atoms with van der Waals surface area (Å²) in [6.45, 7) is 7.06. The molecule has 0 N–H and O–H groups in total. The molecule has 1 aromatic carbocycles. The van der Waals surface area contributed by atoms with Crippen LogP contribution in [0.1, 0.15) is 23.7 Å². The molecule has 0 spiro atoms. The predicted molar refractivity (Wildman–Crippen MR) is 78.2 cm³/mol. The number of amides is 1. The average Bonchev–Trinajstić information content (AvgIpc) is 2.26. The fourth-order valence-corrected chi connectivity index (χ4v) is 2.86. The average molecular weight is 361 g/mol. The minimum atomic E-state index is 0.0359. The Bertz CT molecular complexity index is 398. The first-order valence-corrected chi connectivity index (χ1v) is 7.03. The maximum Gasteiger partial charge on any atom is 0.254 e. The molecule has 0 saturated carbocycles. The Labute approximate surface area is 119 Å². The second kappa shape index (κ2) is 6.97. The molecule has 0 aliphatic carbocycles. The predicted octanol–water partition coefficient (Wildman–Crippen LogP) is 4.25. The number of rotatable bonds is 5. The molecule has 2 nitrogen and oxygen atoms in total. The molecule has 0 radical (unpaired) electrons. The van der Waals surface area contributed by atoms with Gasteiger partial charge in [-0.1, -0.05) is 44.9 Å². The van der Waals surface area contributed by atoms with Crippen molar-refractivity contribution in [3.8, 4) is 0 Å². The smallest absolute Gasteiger partial charge is 0.254 e. The van der Waals surface area contributed by atoms with Gasteiger partial charge in [-0.05, 0) is 24.6 Å². The summed E-state index contributed by atoms with van der Waals surface area (Å²) in [5, 5.41) is 0. The van der Waals surface area contributed by atoms with Gasteiger partial charge in [0.2, 0.25) is 0 Å². The Kier molecular flexibility index (Phi) is 5.92. The Morgan fingerprint density at radius 1 is 1.35 bits per heavy atom. The van der Waals surface area contributed by atoms with E-state index in [4.69, 9.17) is 0 Å². The first-order chi connectivity index (χ1) is 8.08. The van der Waals surface area contributed by atoms with E-state index in [-0.39, 0.29) is 5.91 Å². The molecule has 0 bridgehead atoms.